The van der Waals surface area contributed by atoms with Gasteiger partial charge in [0, 0.05) is 30.9 Å². The molecular formula is C28H26F3N3O5. The van der Waals surface area contributed by atoms with Crippen LogP contribution in [0.4, 0.5) is 24.5 Å². The topological polar surface area (TPSA) is 97.0 Å². The summed E-state index contributed by atoms with van der Waals surface area (Å²) in [5.41, 5.74) is 0.616. The van der Waals surface area contributed by atoms with Crippen molar-refractivity contribution < 1.29 is 37.0 Å². The Bertz CT molecular complexity index is 1330. The van der Waals surface area contributed by atoms with Gasteiger partial charge in [-0.25, -0.2) is 0 Å². The monoisotopic (exact) mass is 541 g/mol. The molecule has 0 spiro atoms. The molecule has 0 saturated carbocycles. The molecule has 0 aromatic heterocycles. The number of nitrogens with zero attached hydrogens (tertiary/aromatic N) is 1. The molecular weight excluding hydrogens is 515 g/mol. The summed E-state index contributed by atoms with van der Waals surface area (Å²) >= 11 is 0. The highest BCUT2D eigenvalue weighted by atomic mass is 19.4. The summed E-state index contributed by atoms with van der Waals surface area (Å²) in [7, 11) is 1.58. The summed E-state index contributed by atoms with van der Waals surface area (Å²) in [6.45, 7) is 0.141. The van der Waals surface area contributed by atoms with Gasteiger partial charge in [-0.3, -0.25) is 14.4 Å². The number of carbonyl (C=O) groups excluding carboxylic acids is 3. The Labute approximate surface area is 222 Å². The zero-order valence-electron chi connectivity index (χ0n) is 21.0. The van der Waals surface area contributed by atoms with Crippen LogP contribution < -0.4 is 25.0 Å². The second kappa shape index (κ2) is 11.9. The summed E-state index contributed by atoms with van der Waals surface area (Å²) in [6.07, 6.45) is -4.43. The van der Waals surface area contributed by atoms with Gasteiger partial charge in [-0.1, -0.05) is 18.2 Å². The van der Waals surface area contributed by atoms with Crippen molar-refractivity contribution in [3.05, 3.63) is 83.9 Å². The van der Waals surface area contributed by atoms with E-state index in [1.54, 1.807) is 43.5 Å². The minimum atomic E-state index is -4.52. The fourth-order valence-corrected chi connectivity index (χ4v) is 4.05. The van der Waals surface area contributed by atoms with E-state index in [9.17, 15) is 27.6 Å². The first kappa shape index (κ1) is 27.5. The summed E-state index contributed by atoms with van der Waals surface area (Å²) < 4.78 is 49.1. The molecule has 4 rings (SSSR count). The van der Waals surface area contributed by atoms with Crippen LogP contribution >= 0.6 is 0 Å². The number of ether oxygens (including phenoxy) is 2. The molecule has 3 amide bonds. The molecule has 0 unspecified atom stereocenters. The molecule has 1 saturated heterocycles. The number of hydrogen-bond acceptors (Lipinski definition) is 5. The van der Waals surface area contributed by atoms with Crippen molar-refractivity contribution in [3.63, 3.8) is 0 Å². The van der Waals surface area contributed by atoms with Gasteiger partial charge in [0.25, 0.3) is 5.91 Å². The van der Waals surface area contributed by atoms with Crippen molar-refractivity contribution in [1.82, 2.24) is 5.32 Å². The van der Waals surface area contributed by atoms with Gasteiger partial charge < -0.3 is 25.0 Å². The average molecular weight is 542 g/mol. The van der Waals surface area contributed by atoms with Crippen LogP contribution in [0, 0.1) is 5.92 Å². The van der Waals surface area contributed by atoms with E-state index in [-0.39, 0.29) is 30.5 Å². The lowest BCUT2D eigenvalue weighted by Gasteiger charge is -2.17. The summed E-state index contributed by atoms with van der Waals surface area (Å²) in [4.78, 5) is 38.8. The standard InChI is InChI=1S/C28H26F3N3O5/c1-38-23-9-5-18(6-10-23)15-32-27(37)19-13-26(36)34(16-19)22-7-11-24(12-8-22)39-17-25(35)33-21-4-2-3-20(14-21)28(29,30)31/h2-12,14,19H,13,15-17H2,1H3,(H,32,37)(H,33,35)/t19-/m0/s1. The lowest BCUT2D eigenvalue weighted by molar-refractivity contribution is -0.137. The third-order valence-corrected chi connectivity index (χ3v) is 6.11. The smallest absolute Gasteiger partial charge is 0.416 e. The van der Waals surface area contributed by atoms with Crippen LogP contribution in [-0.4, -0.2) is 38.0 Å². The second-order valence-electron chi connectivity index (χ2n) is 8.88. The largest absolute Gasteiger partial charge is 0.497 e. The van der Waals surface area contributed by atoms with Gasteiger partial charge >= 0.3 is 6.18 Å². The molecule has 3 aromatic rings. The Morgan fingerprint density at radius 1 is 1.00 bits per heavy atom. The molecule has 1 aliphatic rings. The van der Waals surface area contributed by atoms with E-state index in [4.69, 9.17) is 9.47 Å². The second-order valence-corrected chi connectivity index (χ2v) is 8.88. The number of methoxy groups -OCH3 is 1. The van der Waals surface area contributed by atoms with Crippen molar-refractivity contribution in [2.45, 2.75) is 19.1 Å². The number of halogens is 3. The first-order valence-electron chi connectivity index (χ1n) is 12.0. The maximum Gasteiger partial charge on any atom is 0.416 e. The van der Waals surface area contributed by atoms with Crippen LogP contribution in [-0.2, 0) is 27.1 Å². The predicted octanol–water partition coefficient (Wildman–Crippen LogP) is 4.40. The van der Waals surface area contributed by atoms with Gasteiger partial charge in [-0.2, -0.15) is 13.2 Å². The van der Waals surface area contributed by atoms with Crippen LogP contribution in [0.25, 0.3) is 0 Å². The van der Waals surface area contributed by atoms with Crippen LogP contribution in [0.2, 0.25) is 0 Å². The number of rotatable bonds is 9. The van der Waals surface area contributed by atoms with Crippen LogP contribution in [0.15, 0.2) is 72.8 Å². The molecule has 0 radical (unpaired) electrons. The van der Waals surface area contributed by atoms with E-state index in [0.717, 1.165) is 23.4 Å². The molecule has 1 fully saturated rings. The molecule has 39 heavy (non-hydrogen) atoms. The zero-order chi connectivity index (χ0) is 28.0. The van der Waals surface area contributed by atoms with E-state index >= 15 is 0 Å². The van der Waals surface area contributed by atoms with E-state index in [1.165, 1.54) is 17.0 Å². The molecule has 1 atom stereocenters. The molecule has 204 valence electrons. The average Bonchev–Trinajstić information content (AvgIpc) is 3.32. The van der Waals surface area contributed by atoms with E-state index in [2.05, 4.69) is 10.6 Å². The summed E-state index contributed by atoms with van der Waals surface area (Å²) in [5, 5.41) is 5.23. The Morgan fingerprint density at radius 3 is 2.36 bits per heavy atom. The molecule has 0 bridgehead atoms. The Balaban J connectivity index is 1.26. The predicted molar refractivity (Wildman–Crippen MR) is 137 cm³/mol. The van der Waals surface area contributed by atoms with E-state index in [1.807, 2.05) is 12.1 Å². The molecule has 8 nitrogen and oxygen atoms in total. The Kier molecular flexibility index (Phi) is 8.38. The van der Waals surface area contributed by atoms with Gasteiger partial charge in [0.2, 0.25) is 11.8 Å². The van der Waals surface area contributed by atoms with Crippen LogP contribution in [0.1, 0.15) is 17.5 Å². The van der Waals surface area contributed by atoms with Crippen molar-refractivity contribution in [3.8, 4) is 11.5 Å². The quantitative estimate of drug-likeness (QED) is 0.419. The van der Waals surface area contributed by atoms with Crippen molar-refractivity contribution in [1.29, 1.82) is 0 Å². The van der Waals surface area contributed by atoms with Gasteiger partial charge in [0.15, 0.2) is 6.61 Å². The molecule has 0 aliphatic carbocycles. The minimum Gasteiger partial charge on any atom is -0.497 e. The highest BCUT2D eigenvalue weighted by molar-refractivity contribution is 6.00. The normalized spacial score (nSPS) is 15.1. The SMILES string of the molecule is COc1ccc(CNC(=O)[C@H]2CC(=O)N(c3ccc(OCC(=O)Nc4cccc(C(F)(F)F)c4)cc3)C2)cc1. The minimum absolute atomic E-state index is 0.00362. The maximum absolute atomic E-state index is 12.8. The molecule has 1 heterocycles. The zero-order valence-corrected chi connectivity index (χ0v) is 21.0. The molecule has 1 aliphatic heterocycles. The fraction of sp³-hybridized carbons (Fsp3) is 0.250. The van der Waals surface area contributed by atoms with Crippen LogP contribution in [0.5, 0.6) is 11.5 Å². The molecule has 3 aromatic carbocycles. The Hall–Kier alpha value is -4.54. The van der Waals surface area contributed by atoms with Crippen molar-refractivity contribution in [2.24, 2.45) is 5.92 Å². The lowest BCUT2D eigenvalue weighted by Crippen LogP contribution is -2.32. The molecule has 11 heteroatoms. The summed E-state index contributed by atoms with van der Waals surface area (Å²) in [6, 6.07) is 18.0. The number of benzene rings is 3. The third-order valence-electron chi connectivity index (χ3n) is 6.11. The fourth-order valence-electron chi connectivity index (χ4n) is 4.05. The summed E-state index contributed by atoms with van der Waals surface area (Å²) in [5.74, 6) is -0.472. The van der Waals surface area contributed by atoms with E-state index in [0.29, 0.717) is 18.0 Å². The molecule has 2 N–H and O–H groups in total. The number of carbonyl (C=O) groups is 3. The first-order valence-corrected chi connectivity index (χ1v) is 12.0. The highest BCUT2D eigenvalue weighted by Gasteiger charge is 2.35. The maximum atomic E-state index is 12.8. The van der Waals surface area contributed by atoms with E-state index < -0.39 is 30.2 Å². The number of hydrogen-bond donors (Lipinski definition) is 2. The number of anilines is 2. The first-order chi connectivity index (χ1) is 18.6. The number of nitrogens with one attached hydrogen (secondary N) is 2. The van der Waals surface area contributed by atoms with Crippen molar-refractivity contribution >= 4 is 29.1 Å². The van der Waals surface area contributed by atoms with Gasteiger partial charge in [-0.05, 0) is 60.2 Å². The van der Waals surface area contributed by atoms with Gasteiger partial charge in [-0.15, -0.1) is 0 Å². The number of amides is 3. The Morgan fingerprint density at radius 2 is 1.69 bits per heavy atom. The number of alkyl halides is 3. The van der Waals surface area contributed by atoms with Gasteiger partial charge in [0.05, 0.1) is 18.6 Å². The third kappa shape index (κ3) is 7.28. The lowest BCUT2D eigenvalue weighted by atomic mass is 10.1. The highest BCUT2D eigenvalue weighted by Crippen LogP contribution is 2.31. The van der Waals surface area contributed by atoms with Gasteiger partial charge in [0.1, 0.15) is 11.5 Å². The van der Waals surface area contributed by atoms with Crippen molar-refractivity contribution in [2.75, 3.05) is 30.5 Å². The van der Waals surface area contributed by atoms with Crippen LogP contribution in [0.3, 0.4) is 0 Å².